The average molecular weight is 378 g/mol. The molecule has 0 radical (unpaired) electrons. The first-order chi connectivity index (χ1) is 12.4. The molecule has 1 heterocycles. The predicted octanol–water partition coefficient (Wildman–Crippen LogP) is 1.24. The number of ether oxygens (including phenoxy) is 1. The van der Waals surface area contributed by atoms with Crippen molar-refractivity contribution in [3.05, 3.63) is 24.3 Å². The van der Waals surface area contributed by atoms with Crippen LogP contribution in [0.15, 0.2) is 29.4 Å². The lowest BCUT2D eigenvalue weighted by atomic mass is 10.2. The number of nitrogen functional groups attached to an aromatic ring is 1. The van der Waals surface area contributed by atoms with Crippen molar-refractivity contribution in [2.45, 2.75) is 19.0 Å². The van der Waals surface area contributed by atoms with E-state index in [0.29, 0.717) is 34.8 Å². The van der Waals surface area contributed by atoms with Gasteiger partial charge in [0.05, 0.1) is 18.4 Å². The number of imide groups is 1. The first-order valence-electron chi connectivity index (χ1n) is 7.96. The zero-order valence-corrected chi connectivity index (χ0v) is 15.7. The van der Waals surface area contributed by atoms with Gasteiger partial charge in [0.2, 0.25) is 11.1 Å². The molecule has 140 valence electrons. The average Bonchev–Trinajstić information content (AvgIpc) is 2.98. The van der Waals surface area contributed by atoms with E-state index >= 15 is 0 Å². The molecule has 1 aromatic carbocycles. The van der Waals surface area contributed by atoms with Crippen LogP contribution >= 0.6 is 11.8 Å². The van der Waals surface area contributed by atoms with Crippen molar-refractivity contribution in [1.82, 2.24) is 25.5 Å². The molecule has 2 rings (SSSR count). The standard InChI is InChI=1S/C16H22N6O3S/c1-10(2)8-18-15(24)19-13(23)9-26-16-21-20-14(22(16)17)11-6-4-5-7-12(11)25-3/h4-7,10H,8-9,17H2,1-3H3,(H2,18,19,23,24). The van der Waals surface area contributed by atoms with Gasteiger partial charge in [-0.3, -0.25) is 10.1 Å². The fourth-order valence-corrected chi connectivity index (χ4v) is 2.68. The minimum absolute atomic E-state index is 0.0175. The number of carbonyl (C=O) groups is 2. The van der Waals surface area contributed by atoms with Crippen LogP contribution in [-0.4, -0.2) is 46.2 Å². The number of hydrogen-bond donors (Lipinski definition) is 3. The second-order valence-electron chi connectivity index (χ2n) is 5.82. The van der Waals surface area contributed by atoms with Crippen LogP contribution < -0.4 is 21.2 Å². The maximum atomic E-state index is 11.8. The van der Waals surface area contributed by atoms with Crippen LogP contribution in [0.25, 0.3) is 11.4 Å². The summed E-state index contributed by atoms with van der Waals surface area (Å²) in [5, 5.41) is 13.3. The lowest BCUT2D eigenvalue weighted by Gasteiger charge is -2.09. The van der Waals surface area contributed by atoms with Crippen LogP contribution in [0.1, 0.15) is 13.8 Å². The van der Waals surface area contributed by atoms with E-state index in [1.807, 2.05) is 32.0 Å². The minimum atomic E-state index is -0.520. The van der Waals surface area contributed by atoms with E-state index in [9.17, 15) is 9.59 Å². The number of carbonyl (C=O) groups excluding carboxylic acids is 2. The van der Waals surface area contributed by atoms with Crippen LogP contribution in [0.5, 0.6) is 5.75 Å². The predicted molar refractivity (Wildman–Crippen MR) is 99.3 cm³/mol. The third kappa shape index (κ3) is 5.12. The minimum Gasteiger partial charge on any atom is -0.496 e. The van der Waals surface area contributed by atoms with Gasteiger partial charge < -0.3 is 15.9 Å². The molecule has 3 amide bonds. The molecular formula is C16H22N6O3S. The summed E-state index contributed by atoms with van der Waals surface area (Å²) in [6.07, 6.45) is 0. The normalized spacial score (nSPS) is 10.6. The molecule has 0 saturated carbocycles. The van der Waals surface area contributed by atoms with E-state index in [1.54, 1.807) is 13.2 Å². The highest BCUT2D eigenvalue weighted by atomic mass is 32.2. The fourth-order valence-electron chi connectivity index (χ4n) is 2.02. The third-order valence-corrected chi connectivity index (χ3v) is 4.21. The largest absolute Gasteiger partial charge is 0.496 e. The van der Waals surface area contributed by atoms with Crippen molar-refractivity contribution >= 4 is 23.7 Å². The molecule has 0 aliphatic rings. The Morgan fingerprint density at radius 3 is 2.73 bits per heavy atom. The van der Waals surface area contributed by atoms with Crippen LogP contribution in [0.4, 0.5) is 4.79 Å². The first kappa shape index (κ1) is 19.6. The second kappa shape index (κ2) is 9.09. The van der Waals surface area contributed by atoms with Gasteiger partial charge in [0.25, 0.3) is 0 Å². The number of benzene rings is 1. The molecular weight excluding hydrogens is 356 g/mol. The molecule has 0 spiro atoms. The Bertz CT molecular complexity index is 777. The lowest BCUT2D eigenvalue weighted by Crippen LogP contribution is -2.41. The topological polar surface area (TPSA) is 124 Å². The third-order valence-electron chi connectivity index (χ3n) is 3.27. The maximum absolute atomic E-state index is 11.8. The molecule has 26 heavy (non-hydrogen) atoms. The number of nitrogens with one attached hydrogen (secondary N) is 2. The number of aromatic nitrogens is 3. The number of para-hydroxylation sites is 1. The number of hydrogen-bond acceptors (Lipinski definition) is 7. The molecule has 2 aromatic rings. The molecule has 0 aliphatic carbocycles. The SMILES string of the molecule is COc1ccccc1-c1nnc(SCC(=O)NC(=O)NCC(C)C)n1N. The summed E-state index contributed by atoms with van der Waals surface area (Å²) in [5.74, 6) is 6.90. The summed E-state index contributed by atoms with van der Waals surface area (Å²) >= 11 is 1.08. The summed E-state index contributed by atoms with van der Waals surface area (Å²) in [6, 6.07) is 6.76. The quantitative estimate of drug-likeness (QED) is 0.489. The molecule has 0 bridgehead atoms. The number of methoxy groups -OCH3 is 1. The van der Waals surface area contributed by atoms with Gasteiger partial charge in [-0.15, -0.1) is 10.2 Å². The molecule has 10 heteroatoms. The van der Waals surface area contributed by atoms with Gasteiger partial charge in [-0.2, -0.15) is 0 Å². The smallest absolute Gasteiger partial charge is 0.321 e. The number of nitrogens with zero attached hydrogens (tertiary/aromatic N) is 3. The van der Waals surface area contributed by atoms with Gasteiger partial charge in [0.1, 0.15) is 5.75 Å². The van der Waals surface area contributed by atoms with E-state index in [0.717, 1.165) is 11.8 Å². The number of urea groups is 1. The Morgan fingerprint density at radius 2 is 2.04 bits per heavy atom. The van der Waals surface area contributed by atoms with Gasteiger partial charge in [-0.1, -0.05) is 37.7 Å². The highest BCUT2D eigenvalue weighted by Crippen LogP contribution is 2.29. The zero-order valence-electron chi connectivity index (χ0n) is 14.9. The summed E-state index contributed by atoms with van der Waals surface area (Å²) in [7, 11) is 1.56. The monoisotopic (exact) mass is 378 g/mol. The molecule has 9 nitrogen and oxygen atoms in total. The van der Waals surface area contributed by atoms with E-state index in [-0.39, 0.29) is 5.75 Å². The lowest BCUT2D eigenvalue weighted by molar-refractivity contribution is -0.117. The Kier molecular flexibility index (Phi) is 6.84. The highest BCUT2D eigenvalue weighted by molar-refractivity contribution is 7.99. The fraction of sp³-hybridized carbons (Fsp3) is 0.375. The number of rotatable bonds is 7. The maximum Gasteiger partial charge on any atom is 0.321 e. The number of amides is 3. The zero-order chi connectivity index (χ0) is 19.1. The number of thioether (sulfide) groups is 1. The number of nitrogens with two attached hydrogens (primary N) is 1. The van der Waals surface area contributed by atoms with Crippen molar-refractivity contribution in [3.8, 4) is 17.1 Å². The molecule has 0 saturated heterocycles. The van der Waals surface area contributed by atoms with Crippen molar-refractivity contribution in [1.29, 1.82) is 0 Å². The van der Waals surface area contributed by atoms with Crippen molar-refractivity contribution in [3.63, 3.8) is 0 Å². The Morgan fingerprint density at radius 1 is 1.31 bits per heavy atom. The first-order valence-corrected chi connectivity index (χ1v) is 8.95. The summed E-state index contributed by atoms with van der Waals surface area (Å²) in [5.41, 5.74) is 0.689. The molecule has 4 N–H and O–H groups in total. The van der Waals surface area contributed by atoms with E-state index < -0.39 is 11.9 Å². The van der Waals surface area contributed by atoms with Gasteiger partial charge >= 0.3 is 6.03 Å². The molecule has 0 fully saturated rings. The summed E-state index contributed by atoms with van der Waals surface area (Å²) in [6.45, 7) is 4.42. The van der Waals surface area contributed by atoms with Gasteiger partial charge in [-0.25, -0.2) is 9.47 Å². The summed E-state index contributed by atoms with van der Waals surface area (Å²) < 4.78 is 6.58. The molecule has 0 atom stereocenters. The van der Waals surface area contributed by atoms with Crippen molar-refractivity contribution in [2.24, 2.45) is 5.92 Å². The highest BCUT2D eigenvalue weighted by Gasteiger charge is 2.17. The Balaban J connectivity index is 1.96. The van der Waals surface area contributed by atoms with E-state index in [1.165, 1.54) is 4.68 Å². The van der Waals surface area contributed by atoms with Crippen molar-refractivity contribution in [2.75, 3.05) is 25.3 Å². The van der Waals surface area contributed by atoms with Crippen LogP contribution in [0.3, 0.4) is 0 Å². The van der Waals surface area contributed by atoms with Crippen LogP contribution in [0.2, 0.25) is 0 Å². The van der Waals surface area contributed by atoms with Crippen LogP contribution in [0, 0.1) is 5.92 Å². The van der Waals surface area contributed by atoms with Crippen LogP contribution in [-0.2, 0) is 4.79 Å². The molecule has 1 aromatic heterocycles. The Hall–Kier alpha value is -2.75. The van der Waals surface area contributed by atoms with E-state index in [4.69, 9.17) is 10.6 Å². The van der Waals surface area contributed by atoms with Gasteiger partial charge in [0, 0.05) is 6.54 Å². The molecule has 0 aliphatic heterocycles. The summed E-state index contributed by atoms with van der Waals surface area (Å²) in [4.78, 5) is 23.4. The van der Waals surface area contributed by atoms with Crippen molar-refractivity contribution < 1.29 is 14.3 Å². The van der Waals surface area contributed by atoms with Gasteiger partial charge in [0.15, 0.2) is 5.82 Å². The molecule has 0 unspecified atom stereocenters. The Labute approximate surface area is 155 Å². The van der Waals surface area contributed by atoms with Gasteiger partial charge in [-0.05, 0) is 18.1 Å². The van der Waals surface area contributed by atoms with E-state index in [2.05, 4.69) is 20.8 Å². The second-order valence-corrected chi connectivity index (χ2v) is 6.76.